The number of urea groups is 1. The molecule has 2 N–H and O–H groups in total. The van der Waals surface area contributed by atoms with Gasteiger partial charge in [0.2, 0.25) is 5.75 Å². The highest BCUT2D eigenvalue weighted by atomic mass is 35.5. The van der Waals surface area contributed by atoms with E-state index in [1.54, 1.807) is 18.2 Å². The number of benzene rings is 2. The van der Waals surface area contributed by atoms with E-state index in [1.165, 1.54) is 33.5 Å². The van der Waals surface area contributed by atoms with Crippen LogP contribution in [0.1, 0.15) is 5.56 Å². The summed E-state index contributed by atoms with van der Waals surface area (Å²) in [6, 6.07) is 7.01. The van der Waals surface area contributed by atoms with Gasteiger partial charge in [0.25, 0.3) is 0 Å². The van der Waals surface area contributed by atoms with Gasteiger partial charge in [0, 0.05) is 18.7 Å². The van der Waals surface area contributed by atoms with Gasteiger partial charge in [-0.2, -0.15) is 0 Å². The first kappa shape index (κ1) is 18.7. The Balaban J connectivity index is 2.05. The SMILES string of the molecule is COc1cc(NC(=O)NCc2ccc(F)c(Cl)c2)cc(OC)c1OC. The van der Waals surface area contributed by atoms with Crippen molar-refractivity contribution in [3.05, 3.63) is 46.7 Å². The number of amides is 2. The number of hydrogen-bond donors (Lipinski definition) is 2. The molecule has 0 heterocycles. The van der Waals surface area contributed by atoms with Crippen molar-refractivity contribution in [1.82, 2.24) is 5.32 Å². The van der Waals surface area contributed by atoms with Crippen molar-refractivity contribution in [1.29, 1.82) is 0 Å². The van der Waals surface area contributed by atoms with E-state index in [0.29, 0.717) is 28.5 Å². The predicted octanol–water partition coefficient (Wildman–Crippen LogP) is 3.83. The molecule has 0 aromatic heterocycles. The van der Waals surface area contributed by atoms with Crippen LogP contribution in [0, 0.1) is 5.82 Å². The third-order valence-electron chi connectivity index (χ3n) is 3.36. The van der Waals surface area contributed by atoms with Gasteiger partial charge < -0.3 is 24.8 Å². The molecule has 6 nitrogen and oxygen atoms in total. The Kier molecular flexibility index (Phi) is 6.30. The maximum atomic E-state index is 13.1. The second-order valence-corrected chi connectivity index (χ2v) is 5.38. The van der Waals surface area contributed by atoms with Crippen molar-refractivity contribution in [2.75, 3.05) is 26.6 Å². The average Bonchev–Trinajstić information content (AvgIpc) is 2.61. The molecule has 0 radical (unpaired) electrons. The van der Waals surface area contributed by atoms with Crippen LogP contribution in [0.25, 0.3) is 0 Å². The molecule has 2 amide bonds. The Morgan fingerprint density at radius 3 is 2.24 bits per heavy atom. The lowest BCUT2D eigenvalue weighted by atomic mass is 10.2. The molecule has 0 unspecified atom stereocenters. The zero-order chi connectivity index (χ0) is 18.4. The first-order chi connectivity index (χ1) is 12.0. The molecule has 0 atom stereocenters. The van der Waals surface area contributed by atoms with E-state index in [1.807, 2.05) is 0 Å². The molecule has 2 rings (SSSR count). The number of ether oxygens (including phenoxy) is 3. The molecule has 2 aromatic rings. The summed E-state index contributed by atoms with van der Waals surface area (Å²) in [5.41, 5.74) is 1.13. The Morgan fingerprint density at radius 2 is 1.72 bits per heavy atom. The van der Waals surface area contributed by atoms with Crippen LogP contribution in [0.15, 0.2) is 30.3 Å². The molecule has 25 heavy (non-hydrogen) atoms. The molecule has 0 saturated carbocycles. The highest BCUT2D eigenvalue weighted by molar-refractivity contribution is 6.30. The topological polar surface area (TPSA) is 68.8 Å². The molecule has 0 aliphatic carbocycles. The monoisotopic (exact) mass is 368 g/mol. The predicted molar refractivity (Wildman–Crippen MR) is 93.4 cm³/mol. The number of carbonyl (C=O) groups excluding carboxylic acids is 1. The number of rotatable bonds is 6. The quantitative estimate of drug-likeness (QED) is 0.813. The van der Waals surface area contributed by atoms with Crippen LogP contribution in [0.4, 0.5) is 14.9 Å². The number of carbonyl (C=O) groups is 1. The van der Waals surface area contributed by atoms with E-state index in [2.05, 4.69) is 10.6 Å². The van der Waals surface area contributed by atoms with E-state index in [-0.39, 0.29) is 11.6 Å². The Labute approximate surface area is 149 Å². The summed E-state index contributed by atoms with van der Waals surface area (Å²) in [5.74, 6) is 0.758. The summed E-state index contributed by atoms with van der Waals surface area (Å²) in [7, 11) is 4.47. The van der Waals surface area contributed by atoms with Crippen LogP contribution in [0.2, 0.25) is 5.02 Å². The van der Waals surface area contributed by atoms with Gasteiger partial charge in [0.15, 0.2) is 11.5 Å². The summed E-state index contributed by atoms with van der Waals surface area (Å²) >= 11 is 5.71. The van der Waals surface area contributed by atoms with E-state index in [9.17, 15) is 9.18 Å². The molecule has 0 spiro atoms. The van der Waals surface area contributed by atoms with Crippen LogP contribution in [-0.2, 0) is 6.54 Å². The molecule has 8 heteroatoms. The van der Waals surface area contributed by atoms with Gasteiger partial charge in [-0.1, -0.05) is 17.7 Å². The first-order valence-electron chi connectivity index (χ1n) is 7.27. The third-order valence-corrected chi connectivity index (χ3v) is 3.65. The third kappa shape index (κ3) is 4.67. The smallest absolute Gasteiger partial charge is 0.319 e. The highest BCUT2D eigenvalue weighted by Gasteiger charge is 2.14. The maximum Gasteiger partial charge on any atom is 0.319 e. The fourth-order valence-electron chi connectivity index (χ4n) is 2.16. The number of nitrogens with one attached hydrogen (secondary N) is 2. The Hall–Kier alpha value is -2.67. The largest absolute Gasteiger partial charge is 0.493 e. The molecular formula is C17H18ClFN2O4. The zero-order valence-electron chi connectivity index (χ0n) is 14.0. The van der Waals surface area contributed by atoms with Crippen molar-refractivity contribution < 1.29 is 23.4 Å². The fourth-order valence-corrected chi connectivity index (χ4v) is 2.36. The number of methoxy groups -OCH3 is 3. The van der Waals surface area contributed by atoms with E-state index >= 15 is 0 Å². The van der Waals surface area contributed by atoms with Crippen LogP contribution in [-0.4, -0.2) is 27.4 Å². The van der Waals surface area contributed by atoms with E-state index in [4.69, 9.17) is 25.8 Å². The summed E-state index contributed by atoms with van der Waals surface area (Å²) in [6.45, 7) is 0.191. The second kappa shape index (κ2) is 8.43. The summed E-state index contributed by atoms with van der Waals surface area (Å²) in [5, 5.41) is 5.32. The van der Waals surface area contributed by atoms with Gasteiger partial charge in [0.1, 0.15) is 5.82 Å². The Morgan fingerprint density at radius 1 is 1.08 bits per heavy atom. The van der Waals surface area contributed by atoms with Gasteiger partial charge in [-0.15, -0.1) is 0 Å². The van der Waals surface area contributed by atoms with Gasteiger partial charge in [-0.05, 0) is 17.7 Å². The molecule has 0 saturated heterocycles. The van der Waals surface area contributed by atoms with E-state index < -0.39 is 11.8 Å². The van der Waals surface area contributed by atoms with Crippen molar-refractivity contribution in [3.8, 4) is 17.2 Å². The number of halogens is 2. The lowest BCUT2D eigenvalue weighted by Crippen LogP contribution is -2.28. The lowest BCUT2D eigenvalue weighted by Gasteiger charge is -2.15. The number of anilines is 1. The van der Waals surface area contributed by atoms with Crippen molar-refractivity contribution in [2.45, 2.75) is 6.54 Å². The van der Waals surface area contributed by atoms with Crippen molar-refractivity contribution in [2.24, 2.45) is 0 Å². The van der Waals surface area contributed by atoms with Crippen LogP contribution < -0.4 is 24.8 Å². The van der Waals surface area contributed by atoms with Gasteiger partial charge >= 0.3 is 6.03 Å². The van der Waals surface area contributed by atoms with E-state index in [0.717, 1.165) is 0 Å². The first-order valence-corrected chi connectivity index (χ1v) is 7.65. The molecule has 0 aliphatic rings. The van der Waals surface area contributed by atoms with Crippen LogP contribution in [0.3, 0.4) is 0 Å². The van der Waals surface area contributed by atoms with Gasteiger partial charge in [-0.25, -0.2) is 9.18 Å². The van der Waals surface area contributed by atoms with Crippen LogP contribution in [0.5, 0.6) is 17.2 Å². The summed E-state index contributed by atoms with van der Waals surface area (Å²) in [6.07, 6.45) is 0. The number of hydrogen-bond acceptors (Lipinski definition) is 4. The van der Waals surface area contributed by atoms with Crippen molar-refractivity contribution >= 4 is 23.3 Å². The second-order valence-electron chi connectivity index (χ2n) is 4.97. The molecule has 134 valence electrons. The fraction of sp³-hybridized carbons (Fsp3) is 0.235. The summed E-state index contributed by atoms with van der Waals surface area (Å²) < 4.78 is 28.8. The minimum Gasteiger partial charge on any atom is -0.493 e. The molecule has 0 fully saturated rings. The molecule has 0 bridgehead atoms. The maximum absolute atomic E-state index is 13.1. The zero-order valence-corrected chi connectivity index (χ0v) is 14.7. The van der Waals surface area contributed by atoms with Crippen molar-refractivity contribution in [3.63, 3.8) is 0 Å². The highest BCUT2D eigenvalue weighted by Crippen LogP contribution is 2.39. The normalized spacial score (nSPS) is 10.1. The summed E-state index contributed by atoms with van der Waals surface area (Å²) in [4.78, 5) is 12.0. The van der Waals surface area contributed by atoms with Gasteiger partial charge in [-0.3, -0.25) is 0 Å². The van der Waals surface area contributed by atoms with Crippen LogP contribution >= 0.6 is 11.6 Å². The molecule has 0 aliphatic heterocycles. The van der Waals surface area contributed by atoms with Gasteiger partial charge in [0.05, 0.1) is 32.0 Å². The Bertz CT molecular complexity index is 745. The minimum absolute atomic E-state index is 0.00401. The molecule has 2 aromatic carbocycles. The average molecular weight is 369 g/mol. The molecular weight excluding hydrogens is 351 g/mol. The minimum atomic E-state index is -0.507. The lowest BCUT2D eigenvalue weighted by molar-refractivity contribution is 0.251. The standard InChI is InChI=1S/C17H18ClFN2O4/c1-23-14-7-11(8-15(24-2)16(14)25-3)21-17(22)20-9-10-4-5-13(19)12(18)6-10/h4-8H,9H2,1-3H3,(H2,20,21,22).